The lowest BCUT2D eigenvalue weighted by Gasteiger charge is -2.46. The highest BCUT2D eigenvalue weighted by molar-refractivity contribution is 5.94. The number of aryl methyl sites for hydroxylation is 1. The molecule has 2 heterocycles. The minimum absolute atomic E-state index is 0.321. The van der Waals surface area contributed by atoms with Crippen molar-refractivity contribution < 1.29 is 9.53 Å². The molecule has 1 aliphatic heterocycles. The fourth-order valence-electron chi connectivity index (χ4n) is 2.03. The van der Waals surface area contributed by atoms with Crippen LogP contribution in [-0.2, 0) is 11.2 Å². The number of pyridine rings is 1. The lowest BCUT2D eigenvalue weighted by atomic mass is 10.1. The number of hydrogen-bond acceptors (Lipinski definition) is 3. The fourth-order valence-corrected chi connectivity index (χ4v) is 2.03. The second-order valence-corrected chi connectivity index (χ2v) is 4.43. The number of carbonyl (C=O) groups is 1. The molecule has 1 aromatic rings. The summed E-state index contributed by atoms with van der Waals surface area (Å²) in [6.45, 7) is 7.81. The van der Waals surface area contributed by atoms with E-state index in [4.69, 9.17) is 4.74 Å². The number of nitrogens with zero attached hydrogens (tertiary/aromatic N) is 2. The number of aromatic nitrogens is 1. The highest BCUT2D eigenvalue weighted by Crippen LogP contribution is 2.36. The molecule has 0 atom stereocenters. The van der Waals surface area contributed by atoms with Gasteiger partial charge in [-0.3, -0.25) is 0 Å². The van der Waals surface area contributed by atoms with E-state index >= 15 is 0 Å². The third-order valence-corrected chi connectivity index (χ3v) is 2.89. The Morgan fingerprint density at radius 3 is 2.69 bits per heavy atom. The Morgan fingerprint density at radius 1 is 1.50 bits per heavy atom. The first kappa shape index (κ1) is 10.9. The first-order chi connectivity index (χ1) is 7.47. The number of ether oxygens (including phenoxy) is 1. The van der Waals surface area contributed by atoms with Gasteiger partial charge in [-0.05, 0) is 44.4 Å². The maximum Gasteiger partial charge on any atom is 0.420 e. The Hall–Kier alpha value is -1.58. The summed E-state index contributed by atoms with van der Waals surface area (Å²) in [4.78, 5) is 17.4. The normalized spacial score (nSPS) is 18.0. The summed E-state index contributed by atoms with van der Waals surface area (Å²) < 4.78 is 5.08. The van der Waals surface area contributed by atoms with Gasteiger partial charge in [-0.2, -0.15) is 0 Å². The summed E-state index contributed by atoms with van der Waals surface area (Å²) in [5.74, 6) is 0.726. The third-order valence-electron chi connectivity index (χ3n) is 2.89. The number of hydrogen-bond donors (Lipinski definition) is 0. The third kappa shape index (κ3) is 1.45. The van der Waals surface area contributed by atoms with Crippen molar-refractivity contribution in [2.45, 2.75) is 39.8 Å². The zero-order chi connectivity index (χ0) is 11.9. The molecule has 16 heavy (non-hydrogen) atoms. The molecule has 0 aliphatic carbocycles. The smallest absolute Gasteiger partial charge is 0.420 e. The Balaban J connectivity index is 2.48. The molecule has 0 bridgehead atoms. The zero-order valence-electron chi connectivity index (χ0n) is 10.1. The van der Waals surface area contributed by atoms with Crippen LogP contribution in [0.15, 0.2) is 12.3 Å². The molecule has 0 saturated carbocycles. The Bertz CT molecular complexity index is 441. The van der Waals surface area contributed by atoms with Crippen LogP contribution in [-0.4, -0.2) is 16.8 Å². The lowest BCUT2D eigenvalue weighted by molar-refractivity contribution is -0.0200. The molecule has 4 heteroatoms. The maximum atomic E-state index is 11.5. The predicted molar refractivity (Wildman–Crippen MR) is 61.4 cm³/mol. The Labute approximate surface area is 95.2 Å². The largest absolute Gasteiger partial charge is 0.422 e. The van der Waals surface area contributed by atoms with Crippen LogP contribution in [0.2, 0.25) is 0 Å². The minimum Gasteiger partial charge on any atom is -0.422 e. The monoisotopic (exact) mass is 220 g/mol. The number of amides is 1. The van der Waals surface area contributed by atoms with Crippen molar-refractivity contribution in [1.82, 2.24) is 4.98 Å². The van der Waals surface area contributed by atoms with Gasteiger partial charge in [-0.15, -0.1) is 0 Å². The molecule has 0 unspecified atom stereocenters. The molecule has 4 nitrogen and oxygen atoms in total. The summed E-state index contributed by atoms with van der Waals surface area (Å²) in [6.07, 6.45) is 2.26. The van der Waals surface area contributed by atoms with Gasteiger partial charge in [-0.1, -0.05) is 6.92 Å². The van der Waals surface area contributed by atoms with Crippen LogP contribution in [0.25, 0.3) is 0 Å². The fraction of sp³-hybridized carbons (Fsp3) is 0.500. The lowest BCUT2D eigenvalue weighted by Crippen LogP contribution is -2.63. The first-order valence-corrected chi connectivity index (χ1v) is 5.45. The van der Waals surface area contributed by atoms with Crippen molar-refractivity contribution in [3.05, 3.63) is 23.4 Å². The molecule has 0 aromatic carbocycles. The van der Waals surface area contributed by atoms with Crippen molar-refractivity contribution in [3.63, 3.8) is 0 Å². The number of cyclic esters (lactones) is 1. The molecule has 0 N–H and O–H groups in total. The van der Waals surface area contributed by atoms with E-state index in [0.717, 1.165) is 23.4 Å². The average molecular weight is 220 g/mol. The number of carbonyl (C=O) groups excluding carboxylic acids is 1. The summed E-state index contributed by atoms with van der Waals surface area (Å²) in [5, 5.41) is 0. The van der Waals surface area contributed by atoms with Gasteiger partial charge in [0.15, 0.2) is 5.72 Å². The summed E-state index contributed by atoms with van der Waals surface area (Å²) in [7, 11) is 0. The molecule has 2 rings (SSSR count). The quantitative estimate of drug-likeness (QED) is 0.769. The molecule has 1 aliphatic rings. The van der Waals surface area contributed by atoms with Crippen LogP contribution in [0.3, 0.4) is 0 Å². The maximum absolute atomic E-state index is 11.5. The van der Waals surface area contributed by atoms with E-state index in [0.29, 0.717) is 0 Å². The molecule has 1 saturated heterocycles. The van der Waals surface area contributed by atoms with Crippen molar-refractivity contribution in [2.75, 3.05) is 4.90 Å². The Kier molecular flexibility index (Phi) is 2.37. The summed E-state index contributed by atoms with van der Waals surface area (Å²) >= 11 is 0. The van der Waals surface area contributed by atoms with Gasteiger partial charge in [0.05, 0.1) is 0 Å². The van der Waals surface area contributed by atoms with Crippen molar-refractivity contribution in [1.29, 1.82) is 0 Å². The van der Waals surface area contributed by atoms with Crippen LogP contribution in [0.1, 0.15) is 31.9 Å². The summed E-state index contributed by atoms with van der Waals surface area (Å²) in [5.41, 5.74) is 1.68. The second-order valence-electron chi connectivity index (χ2n) is 4.43. The van der Waals surface area contributed by atoms with Crippen LogP contribution < -0.4 is 4.90 Å². The number of anilines is 1. The van der Waals surface area contributed by atoms with Crippen molar-refractivity contribution >= 4 is 11.9 Å². The van der Waals surface area contributed by atoms with Crippen molar-refractivity contribution in [3.8, 4) is 0 Å². The molecular weight excluding hydrogens is 204 g/mol. The molecule has 0 radical (unpaired) electrons. The van der Waals surface area contributed by atoms with Crippen LogP contribution in [0, 0.1) is 6.92 Å². The minimum atomic E-state index is -0.582. The molecule has 1 amide bonds. The number of rotatable bonds is 2. The standard InChI is InChI=1S/C12H16N2O2/c1-5-9-8(2)6-7-13-10(9)14-11(15)16-12(14,3)4/h6-7H,5H2,1-4H3. The molecule has 0 spiro atoms. The predicted octanol–water partition coefficient (Wildman–Crippen LogP) is 2.65. The second kappa shape index (κ2) is 3.47. The Morgan fingerprint density at radius 2 is 2.19 bits per heavy atom. The van der Waals surface area contributed by atoms with Crippen LogP contribution in [0.4, 0.5) is 10.6 Å². The van der Waals surface area contributed by atoms with Crippen molar-refractivity contribution in [2.24, 2.45) is 0 Å². The topological polar surface area (TPSA) is 42.4 Å². The van der Waals surface area contributed by atoms with Gasteiger partial charge in [0.25, 0.3) is 0 Å². The van der Waals surface area contributed by atoms with Gasteiger partial charge >= 0.3 is 6.09 Å². The summed E-state index contributed by atoms with van der Waals surface area (Å²) in [6, 6.07) is 1.96. The van der Waals surface area contributed by atoms with Gasteiger partial charge in [-0.25, -0.2) is 14.7 Å². The first-order valence-electron chi connectivity index (χ1n) is 5.45. The molecular formula is C12H16N2O2. The SMILES string of the molecule is CCc1c(C)ccnc1N1C(=O)OC1(C)C. The molecule has 1 fully saturated rings. The van der Waals surface area contributed by atoms with E-state index in [2.05, 4.69) is 11.9 Å². The highest BCUT2D eigenvalue weighted by atomic mass is 16.6. The van der Waals surface area contributed by atoms with Gasteiger partial charge in [0, 0.05) is 6.20 Å². The van der Waals surface area contributed by atoms with E-state index < -0.39 is 5.72 Å². The van der Waals surface area contributed by atoms with E-state index in [1.54, 1.807) is 11.1 Å². The highest BCUT2D eigenvalue weighted by Gasteiger charge is 2.48. The van der Waals surface area contributed by atoms with E-state index in [1.807, 2.05) is 26.8 Å². The van der Waals surface area contributed by atoms with Gasteiger partial charge < -0.3 is 4.74 Å². The zero-order valence-corrected chi connectivity index (χ0v) is 10.1. The van der Waals surface area contributed by atoms with Gasteiger partial charge in [0.2, 0.25) is 0 Å². The average Bonchev–Trinajstić information content (AvgIpc) is 2.16. The van der Waals surface area contributed by atoms with Gasteiger partial charge in [0.1, 0.15) is 5.82 Å². The van der Waals surface area contributed by atoms with E-state index in [1.165, 1.54) is 0 Å². The van der Waals surface area contributed by atoms with E-state index in [9.17, 15) is 4.79 Å². The van der Waals surface area contributed by atoms with Crippen LogP contribution >= 0.6 is 0 Å². The van der Waals surface area contributed by atoms with E-state index in [-0.39, 0.29) is 6.09 Å². The van der Waals surface area contributed by atoms with Crippen LogP contribution in [0.5, 0.6) is 0 Å². The molecule has 1 aromatic heterocycles. The molecule has 86 valence electrons.